The topological polar surface area (TPSA) is 115 Å². The van der Waals surface area contributed by atoms with E-state index in [2.05, 4.69) is 31.9 Å². The molecule has 9 nitrogen and oxygen atoms in total. The summed E-state index contributed by atoms with van der Waals surface area (Å²) in [6.07, 6.45) is 6.38. The molecule has 4 rings (SSSR count). The SMILES string of the molecule is CC(C)(C)c1ccc(N(C(=O)C2CCCN2C#N)C(C(=O)N2CCS(=O)(=O)C2)c2cccnc2)cc1. The molecule has 190 valence electrons. The van der Waals surface area contributed by atoms with E-state index in [0.717, 1.165) is 5.56 Å². The second-order valence-electron chi connectivity index (χ2n) is 10.3. The van der Waals surface area contributed by atoms with Crippen LogP contribution in [-0.4, -0.2) is 65.8 Å². The lowest BCUT2D eigenvalue weighted by atomic mass is 9.87. The third-order valence-electron chi connectivity index (χ3n) is 6.74. The van der Waals surface area contributed by atoms with Crippen LogP contribution in [0, 0.1) is 11.5 Å². The number of aromatic nitrogens is 1. The highest BCUT2D eigenvalue weighted by Crippen LogP contribution is 2.34. The van der Waals surface area contributed by atoms with Gasteiger partial charge in [-0.05, 0) is 42.0 Å². The van der Waals surface area contributed by atoms with Crippen LogP contribution in [0.2, 0.25) is 0 Å². The number of anilines is 1. The van der Waals surface area contributed by atoms with Crippen LogP contribution in [0.4, 0.5) is 5.69 Å². The van der Waals surface area contributed by atoms with Crippen molar-refractivity contribution in [2.75, 3.05) is 29.6 Å². The molecule has 2 amide bonds. The molecule has 0 spiro atoms. The maximum absolute atomic E-state index is 14.1. The van der Waals surface area contributed by atoms with Crippen LogP contribution in [0.3, 0.4) is 0 Å². The minimum atomic E-state index is -3.38. The van der Waals surface area contributed by atoms with Crippen molar-refractivity contribution in [3.05, 3.63) is 59.9 Å². The smallest absolute Gasteiger partial charge is 0.251 e. The van der Waals surface area contributed by atoms with Gasteiger partial charge in [0, 0.05) is 36.7 Å². The molecule has 2 saturated heterocycles. The zero-order valence-corrected chi connectivity index (χ0v) is 21.6. The normalized spacial score (nSPS) is 20.1. The fourth-order valence-electron chi connectivity index (χ4n) is 4.73. The predicted octanol–water partition coefficient (Wildman–Crippen LogP) is 2.61. The molecule has 0 bridgehead atoms. The first-order valence-corrected chi connectivity index (χ1v) is 13.8. The number of rotatable bonds is 5. The maximum atomic E-state index is 14.1. The Morgan fingerprint density at radius 3 is 2.44 bits per heavy atom. The maximum Gasteiger partial charge on any atom is 0.251 e. The number of pyridine rings is 1. The van der Waals surface area contributed by atoms with Crippen molar-refractivity contribution in [3.8, 4) is 6.19 Å². The monoisotopic (exact) mass is 509 g/mol. The van der Waals surface area contributed by atoms with Crippen LogP contribution in [-0.2, 0) is 24.8 Å². The molecule has 2 fully saturated rings. The molecule has 2 unspecified atom stereocenters. The minimum absolute atomic E-state index is 0.0661. The Morgan fingerprint density at radius 1 is 1.17 bits per heavy atom. The molecule has 2 aliphatic rings. The van der Waals surface area contributed by atoms with E-state index < -0.39 is 27.8 Å². The lowest BCUT2D eigenvalue weighted by molar-refractivity contribution is -0.134. The van der Waals surface area contributed by atoms with Crippen LogP contribution in [0.25, 0.3) is 0 Å². The third kappa shape index (κ3) is 5.21. The Labute approximate surface area is 212 Å². The van der Waals surface area contributed by atoms with E-state index in [1.165, 1.54) is 20.9 Å². The highest BCUT2D eigenvalue weighted by molar-refractivity contribution is 7.91. The number of likely N-dealkylation sites (tertiary alicyclic amines) is 1. The minimum Gasteiger partial charge on any atom is -0.325 e. The second kappa shape index (κ2) is 9.90. The van der Waals surface area contributed by atoms with Gasteiger partial charge in [0.1, 0.15) is 18.0 Å². The lowest BCUT2D eigenvalue weighted by Crippen LogP contribution is -2.50. The predicted molar refractivity (Wildman–Crippen MR) is 135 cm³/mol. The molecular formula is C26H31N5O4S. The van der Waals surface area contributed by atoms with Crippen molar-refractivity contribution < 1.29 is 18.0 Å². The van der Waals surface area contributed by atoms with E-state index in [0.29, 0.717) is 30.6 Å². The molecule has 0 aliphatic carbocycles. The molecule has 2 aliphatic heterocycles. The fourth-order valence-corrected chi connectivity index (χ4v) is 6.09. The van der Waals surface area contributed by atoms with Gasteiger partial charge in [0.05, 0.1) is 5.75 Å². The van der Waals surface area contributed by atoms with E-state index in [1.807, 2.05) is 24.3 Å². The summed E-state index contributed by atoms with van der Waals surface area (Å²) in [5.41, 5.74) is 1.93. The number of benzene rings is 1. The Hall–Kier alpha value is -3.45. The average molecular weight is 510 g/mol. The van der Waals surface area contributed by atoms with Gasteiger partial charge in [0.2, 0.25) is 0 Å². The van der Waals surface area contributed by atoms with Crippen molar-refractivity contribution in [1.82, 2.24) is 14.8 Å². The van der Waals surface area contributed by atoms with Gasteiger partial charge in [-0.3, -0.25) is 24.4 Å². The number of carbonyl (C=O) groups excluding carboxylic acids is 2. The van der Waals surface area contributed by atoms with E-state index >= 15 is 0 Å². The summed E-state index contributed by atoms with van der Waals surface area (Å²) in [7, 11) is -3.38. The summed E-state index contributed by atoms with van der Waals surface area (Å²) in [5, 5.41) is 9.61. The van der Waals surface area contributed by atoms with Gasteiger partial charge in [0.25, 0.3) is 11.8 Å². The van der Waals surface area contributed by atoms with Gasteiger partial charge in [-0.2, -0.15) is 5.26 Å². The Morgan fingerprint density at radius 2 is 1.89 bits per heavy atom. The van der Waals surface area contributed by atoms with Gasteiger partial charge in [-0.25, -0.2) is 8.42 Å². The van der Waals surface area contributed by atoms with Crippen LogP contribution in [0.5, 0.6) is 0 Å². The molecule has 10 heteroatoms. The van der Waals surface area contributed by atoms with Gasteiger partial charge >= 0.3 is 0 Å². The highest BCUT2D eigenvalue weighted by atomic mass is 32.2. The molecule has 36 heavy (non-hydrogen) atoms. The first kappa shape index (κ1) is 25.6. The number of carbonyl (C=O) groups is 2. The lowest BCUT2D eigenvalue weighted by Gasteiger charge is -2.36. The summed E-state index contributed by atoms with van der Waals surface area (Å²) in [6.45, 7) is 6.80. The van der Waals surface area contributed by atoms with Gasteiger partial charge in [0.15, 0.2) is 16.0 Å². The van der Waals surface area contributed by atoms with Crippen molar-refractivity contribution >= 4 is 27.3 Å². The van der Waals surface area contributed by atoms with Crippen LogP contribution in [0.15, 0.2) is 48.8 Å². The fraction of sp³-hybridized carbons (Fsp3) is 0.462. The first-order valence-electron chi connectivity index (χ1n) is 12.0. The number of hydrogen-bond donors (Lipinski definition) is 0. The summed E-state index contributed by atoms with van der Waals surface area (Å²) in [4.78, 5) is 36.3. The van der Waals surface area contributed by atoms with Gasteiger partial charge < -0.3 is 4.90 Å². The number of nitriles is 1. The molecule has 2 aromatic rings. The van der Waals surface area contributed by atoms with Crippen molar-refractivity contribution in [1.29, 1.82) is 5.26 Å². The van der Waals surface area contributed by atoms with E-state index in [-0.39, 0.29) is 29.5 Å². The largest absolute Gasteiger partial charge is 0.325 e. The first-order chi connectivity index (χ1) is 17.0. The Kier molecular flexibility index (Phi) is 7.05. The molecule has 3 heterocycles. The molecule has 2 atom stereocenters. The molecular weight excluding hydrogens is 478 g/mol. The van der Waals surface area contributed by atoms with Crippen LogP contribution < -0.4 is 4.90 Å². The summed E-state index contributed by atoms with van der Waals surface area (Å²) < 4.78 is 24.3. The zero-order valence-electron chi connectivity index (χ0n) is 20.8. The average Bonchev–Trinajstić information content (AvgIpc) is 3.47. The van der Waals surface area contributed by atoms with Crippen molar-refractivity contribution in [3.63, 3.8) is 0 Å². The van der Waals surface area contributed by atoms with E-state index in [9.17, 15) is 23.3 Å². The number of hydrogen-bond acceptors (Lipinski definition) is 7. The molecule has 0 saturated carbocycles. The van der Waals surface area contributed by atoms with Crippen molar-refractivity contribution in [2.24, 2.45) is 0 Å². The van der Waals surface area contributed by atoms with E-state index in [1.54, 1.807) is 18.3 Å². The standard InChI is InChI=1S/C26H31N5O4S/c1-26(2,3)20-8-10-21(11-9-20)31(24(32)22-7-5-13-29(22)17-27)23(19-6-4-12-28-16-19)25(33)30-14-15-36(34,35)18-30/h4,6,8-12,16,22-23H,5,7,13-15,18H2,1-3H3. The van der Waals surface area contributed by atoms with E-state index in [4.69, 9.17) is 0 Å². The van der Waals surface area contributed by atoms with Crippen molar-refractivity contribution in [2.45, 2.75) is 51.1 Å². The number of sulfone groups is 1. The third-order valence-corrected chi connectivity index (χ3v) is 8.25. The number of amides is 2. The van der Waals surface area contributed by atoms with Crippen LogP contribution >= 0.6 is 0 Å². The molecule has 0 radical (unpaired) electrons. The molecule has 1 aromatic carbocycles. The summed E-state index contributed by atoms with van der Waals surface area (Å²) in [6, 6.07) is 9.03. The zero-order chi connectivity index (χ0) is 26.1. The highest BCUT2D eigenvalue weighted by Gasteiger charge is 2.43. The van der Waals surface area contributed by atoms with Gasteiger partial charge in [-0.15, -0.1) is 0 Å². The quantitative estimate of drug-likeness (QED) is 0.569. The van der Waals surface area contributed by atoms with Gasteiger partial charge in [-0.1, -0.05) is 39.0 Å². The molecule has 1 aromatic heterocycles. The Bertz CT molecular complexity index is 1270. The van der Waals surface area contributed by atoms with Crippen LogP contribution in [0.1, 0.15) is 50.8 Å². The Balaban J connectivity index is 1.84. The second-order valence-corrected chi connectivity index (χ2v) is 12.5. The number of nitrogens with zero attached hydrogens (tertiary/aromatic N) is 5. The molecule has 0 N–H and O–H groups in total. The summed E-state index contributed by atoms with van der Waals surface area (Å²) >= 11 is 0. The summed E-state index contributed by atoms with van der Waals surface area (Å²) in [5.74, 6) is -1.36.